The molecule has 1 aromatic heterocycles. The molecule has 1 aliphatic rings. The predicted octanol–water partition coefficient (Wildman–Crippen LogP) is 4.79. The molecule has 0 radical (unpaired) electrons. The van der Waals surface area contributed by atoms with E-state index in [1.807, 2.05) is 23.1 Å². The van der Waals surface area contributed by atoms with Gasteiger partial charge in [-0.05, 0) is 61.1 Å². The Hall–Kier alpha value is -3.65. The molecule has 0 aliphatic carbocycles. The first-order chi connectivity index (χ1) is 14.7. The third-order valence-corrected chi connectivity index (χ3v) is 5.54. The van der Waals surface area contributed by atoms with E-state index >= 15 is 0 Å². The minimum Gasteiger partial charge on any atom is -0.340 e. The zero-order chi connectivity index (χ0) is 20.8. The van der Waals surface area contributed by atoms with E-state index in [-0.39, 0.29) is 5.91 Å². The van der Waals surface area contributed by atoms with Crippen LogP contribution in [0.4, 0.5) is 11.5 Å². The van der Waals surface area contributed by atoms with E-state index in [1.165, 1.54) is 5.56 Å². The summed E-state index contributed by atoms with van der Waals surface area (Å²) in [7, 11) is 0. The molecule has 2 heterocycles. The van der Waals surface area contributed by atoms with Crippen LogP contribution in [0.3, 0.4) is 0 Å². The van der Waals surface area contributed by atoms with Gasteiger partial charge in [0.25, 0.3) is 5.91 Å². The number of likely N-dealkylation sites (tertiary alicyclic amines) is 1. The normalized spacial score (nSPS) is 14.2. The highest BCUT2D eigenvalue weighted by Gasteiger charge is 2.24. The number of piperidine rings is 1. The Morgan fingerprint density at radius 1 is 1.07 bits per heavy atom. The van der Waals surface area contributed by atoms with E-state index in [0.29, 0.717) is 22.9 Å². The SMILES string of the molecule is N#Cc1cccc(Nc2cc(C(=O)N3CCC(Cc4ccccc4)CC3)ccn2)c1. The number of amides is 1. The summed E-state index contributed by atoms with van der Waals surface area (Å²) in [6, 6.07) is 23.4. The summed E-state index contributed by atoms with van der Waals surface area (Å²) < 4.78 is 0. The van der Waals surface area contributed by atoms with Crippen LogP contribution in [0.1, 0.15) is 34.3 Å². The molecule has 0 atom stereocenters. The van der Waals surface area contributed by atoms with E-state index in [2.05, 4.69) is 40.6 Å². The fourth-order valence-corrected chi connectivity index (χ4v) is 3.92. The van der Waals surface area contributed by atoms with Crippen molar-refractivity contribution in [2.24, 2.45) is 5.92 Å². The zero-order valence-corrected chi connectivity index (χ0v) is 16.8. The number of anilines is 2. The monoisotopic (exact) mass is 396 g/mol. The number of nitriles is 1. The molecule has 150 valence electrons. The number of carbonyl (C=O) groups is 1. The number of carbonyl (C=O) groups excluding carboxylic acids is 1. The van der Waals surface area contributed by atoms with Gasteiger partial charge in [-0.1, -0.05) is 36.4 Å². The molecule has 5 heteroatoms. The minimum atomic E-state index is 0.0457. The molecule has 1 N–H and O–H groups in total. The van der Waals surface area contributed by atoms with Crippen molar-refractivity contribution >= 4 is 17.4 Å². The molecule has 1 saturated heterocycles. The molecule has 0 spiro atoms. The maximum absolute atomic E-state index is 13.0. The second kappa shape index (κ2) is 9.23. The highest BCUT2D eigenvalue weighted by atomic mass is 16.2. The first-order valence-electron chi connectivity index (χ1n) is 10.3. The van der Waals surface area contributed by atoms with Crippen molar-refractivity contribution in [2.45, 2.75) is 19.3 Å². The number of benzene rings is 2. The summed E-state index contributed by atoms with van der Waals surface area (Å²) in [6.07, 6.45) is 4.77. The van der Waals surface area contributed by atoms with Gasteiger partial charge < -0.3 is 10.2 Å². The summed E-state index contributed by atoms with van der Waals surface area (Å²) in [5, 5.41) is 12.2. The van der Waals surface area contributed by atoms with Gasteiger partial charge in [-0.15, -0.1) is 0 Å². The first kappa shape index (κ1) is 19.7. The Kier molecular flexibility index (Phi) is 6.05. The molecule has 5 nitrogen and oxygen atoms in total. The number of pyridine rings is 1. The van der Waals surface area contributed by atoms with E-state index in [1.54, 1.807) is 30.5 Å². The average Bonchev–Trinajstić information content (AvgIpc) is 2.80. The van der Waals surface area contributed by atoms with Crippen LogP contribution in [0.25, 0.3) is 0 Å². The minimum absolute atomic E-state index is 0.0457. The second-order valence-corrected chi connectivity index (χ2v) is 7.67. The highest BCUT2D eigenvalue weighted by molar-refractivity contribution is 5.95. The number of rotatable bonds is 5. The van der Waals surface area contributed by atoms with Crippen molar-refractivity contribution in [3.8, 4) is 6.07 Å². The van der Waals surface area contributed by atoms with Gasteiger partial charge in [0.1, 0.15) is 5.82 Å². The fraction of sp³-hybridized carbons (Fsp3) is 0.240. The van der Waals surface area contributed by atoms with Crippen LogP contribution in [0.5, 0.6) is 0 Å². The van der Waals surface area contributed by atoms with E-state index < -0.39 is 0 Å². The maximum atomic E-state index is 13.0. The van der Waals surface area contributed by atoms with Crippen LogP contribution in [0.2, 0.25) is 0 Å². The molecule has 4 rings (SSSR count). The molecule has 0 saturated carbocycles. The van der Waals surface area contributed by atoms with Crippen LogP contribution in [0, 0.1) is 17.2 Å². The van der Waals surface area contributed by atoms with Gasteiger partial charge in [0, 0.05) is 30.5 Å². The van der Waals surface area contributed by atoms with Gasteiger partial charge in [-0.25, -0.2) is 4.98 Å². The smallest absolute Gasteiger partial charge is 0.254 e. The number of nitrogens with zero attached hydrogens (tertiary/aromatic N) is 3. The fourth-order valence-electron chi connectivity index (χ4n) is 3.92. The van der Waals surface area contributed by atoms with Gasteiger partial charge in [0.05, 0.1) is 11.6 Å². The molecular formula is C25H24N4O. The number of hydrogen-bond donors (Lipinski definition) is 1. The molecular weight excluding hydrogens is 372 g/mol. The number of hydrogen-bond acceptors (Lipinski definition) is 4. The average molecular weight is 396 g/mol. The van der Waals surface area contributed by atoms with Crippen molar-refractivity contribution in [3.05, 3.63) is 89.6 Å². The summed E-state index contributed by atoms with van der Waals surface area (Å²) >= 11 is 0. The Labute approximate surface area is 177 Å². The summed E-state index contributed by atoms with van der Waals surface area (Å²) in [4.78, 5) is 19.3. The van der Waals surface area contributed by atoms with Crippen molar-refractivity contribution in [2.75, 3.05) is 18.4 Å². The van der Waals surface area contributed by atoms with Crippen LogP contribution in [-0.4, -0.2) is 28.9 Å². The summed E-state index contributed by atoms with van der Waals surface area (Å²) in [5.41, 5.74) is 3.34. The molecule has 0 unspecified atom stereocenters. The molecule has 1 aliphatic heterocycles. The van der Waals surface area contributed by atoms with Gasteiger partial charge >= 0.3 is 0 Å². The van der Waals surface area contributed by atoms with Gasteiger partial charge in [0.15, 0.2) is 0 Å². The van der Waals surface area contributed by atoms with Gasteiger partial charge in [-0.2, -0.15) is 5.26 Å². The molecule has 2 aromatic carbocycles. The van der Waals surface area contributed by atoms with E-state index in [4.69, 9.17) is 5.26 Å². The van der Waals surface area contributed by atoms with Gasteiger partial charge in [0.2, 0.25) is 0 Å². The maximum Gasteiger partial charge on any atom is 0.254 e. The van der Waals surface area contributed by atoms with Crippen molar-refractivity contribution in [1.82, 2.24) is 9.88 Å². The lowest BCUT2D eigenvalue weighted by Gasteiger charge is -2.32. The molecule has 30 heavy (non-hydrogen) atoms. The molecule has 1 amide bonds. The highest BCUT2D eigenvalue weighted by Crippen LogP contribution is 2.24. The molecule has 1 fully saturated rings. The Morgan fingerprint density at radius 3 is 2.63 bits per heavy atom. The molecule has 3 aromatic rings. The number of aromatic nitrogens is 1. The summed E-state index contributed by atoms with van der Waals surface area (Å²) in [5.74, 6) is 1.26. The summed E-state index contributed by atoms with van der Waals surface area (Å²) in [6.45, 7) is 1.57. The third-order valence-electron chi connectivity index (χ3n) is 5.54. The topological polar surface area (TPSA) is 69.0 Å². The first-order valence-corrected chi connectivity index (χ1v) is 10.3. The Morgan fingerprint density at radius 2 is 1.87 bits per heavy atom. The predicted molar refractivity (Wildman–Crippen MR) is 117 cm³/mol. The Balaban J connectivity index is 1.37. The van der Waals surface area contributed by atoms with Crippen molar-refractivity contribution in [3.63, 3.8) is 0 Å². The van der Waals surface area contributed by atoms with Crippen LogP contribution >= 0.6 is 0 Å². The van der Waals surface area contributed by atoms with Gasteiger partial charge in [-0.3, -0.25) is 4.79 Å². The van der Waals surface area contributed by atoms with E-state index in [0.717, 1.165) is 38.0 Å². The zero-order valence-electron chi connectivity index (χ0n) is 16.8. The van der Waals surface area contributed by atoms with Crippen molar-refractivity contribution in [1.29, 1.82) is 5.26 Å². The second-order valence-electron chi connectivity index (χ2n) is 7.67. The van der Waals surface area contributed by atoms with Crippen LogP contribution < -0.4 is 5.32 Å². The van der Waals surface area contributed by atoms with Crippen LogP contribution in [-0.2, 0) is 6.42 Å². The largest absolute Gasteiger partial charge is 0.340 e. The quantitative estimate of drug-likeness (QED) is 0.673. The lowest BCUT2D eigenvalue weighted by Crippen LogP contribution is -2.38. The Bertz CT molecular complexity index is 1050. The standard InChI is InChI=1S/C25H24N4O/c26-18-21-7-4-8-23(16-21)28-24-17-22(9-12-27-24)25(30)29-13-10-20(11-14-29)15-19-5-2-1-3-6-19/h1-9,12,16-17,20H,10-11,13-15H2,(H,27,28). The van der Waals surface area contributed by atoms with Crippen LogP contribution in [0.15, 0.2) is 72.9 Å². The molecule has 0 bridgehead atoms. The lowest BCUT2D eigenvalue weighted by atomic mass is 9.90. The number of nitrogens with one attached hydrogen (secondary N) is 1. The van der Waals surface area contributed by atoms with E-state index in [9.17, 15) is 4.79 Å². The third kappa shape index (κ3) is 4.84. The lowest BCUT2D eigenvalue weighted by molar-refractivity contribution is 0.0690. The van der Waals surface area contributed by atoms with Crippen molar-refractivity contribution < 1.29 is 4.79 Å².